The highest BCUT2D eigenvalue weighted by Gasteiger charge is 2.19. The normalized spacial score (nSPS) is 12.4. The molecule has 0 bridgehead atoms. The third-order valence-electron chi connectivity index (χ3n) is 2.67. The first-order chi connectivity index (χ1) is 9.17. The van der Waals surface area contributed by atoms with E-state index in [4.69, 9.17) is 0 Å². The monoisotopic (exact) mass is 296 g/mol. The Balaban J connectivity index is 2.25. The predicted molar refractivity (Wildman–Crippen MR) is 78.4 cm³/mol. The van der Waals surface area contributed by atoms with Crippen LogP contribution in [0.4, 0.5) is 0 Å². The standard InChI is InChI=1S/C12H16N4OS2/c1-4-16-10(9-6-5-7-18-9)14-15-12(16)19-8(2)11(17)13-3/h5-8H,4H2,1-3H3,(H,13,17)/t8-/m1/s1. The van der Waals surface area contributed by atoms with E-state index in [0.717, 1.165) is 22.4 Å². The Kier molecular flexibility index (Phi) is 4.60. The van der Waals surface area contributed by atoms with Crippen LogP contribution in [0.3, 0.4) is 0 Å². The fraction of sp³-hybridized carbons (Fsp3) is 0.417. The van der Waals surface area contributed by atoms with Crippen LogP contribution in [0.2, 0.25) is 0 Å². The van der Waals surface area contributed by atoms with Crippen molar-refractivity contribution in [3.05, 3.63) is 17.5 Å². The zero-order valence-corrected chi connectivity index (χ0v) is 12.7. The number of rotatable bonds is 5. The summed E-state index contributed by atoms with van der Waals surface area (Å²) < 4.78 is 2.04. The minimum absolute atomic E-state index is 0.00618. The van der Waals surface area contributed by atoms with Crippen molar-refractivity contribution in [2.75, 3.05) is 7.05 Å². The quantitative estimate of drug-likeness (QED) is 0.860. The molecule has 5 nitrogen and oxygen atoms in total. The summed E-state index contributed by atoms with van der Waals surface area (Å²) in [6.07, 6.45) is 0. The van der Waals surface area contributed by atoms with E-state index < -0.39 is 0 Å². The minimum Gasteiger partial charge on any atom is -0.358 e. The van der Waals surface area contributed by atoms with Gasteiger partial charge < -0.3 is 9.88 Å². The van der Waals surface area contributed by atoms with Gasteiger partial charge in [0, 0.05) is 13.6 Å². The fourth-order valence-corrected chi connectivity index (χ4v) is 3.35. The second kappa shape index (κ2) is 6.21. The van der Waals surface area contributed by atoms with Crippen LogP contribution in [0.25, 0.3) is 10.7 Å². The number of hydrogen-bond donors (Lipinski definition) is 1. The maximum atomic E-state index is 11.6. The number of thioether (sulfide) groups is 1. The topological polar surface area (TPSA) is 59.8 Å². The molecule has 0 aliphatic rings. The van der Waals surface area contributed by atoms with E-state index in [1.54, 1.807) is 18.4 Å². The molecular formula is C12H16N4OS2. The Bertz CT molecular complexity index is 550. The summed E-state index contributed by atoms with van der Waals surface area (Å²) in [6.45, 7) is 4.70. The second-order valence-electron chi connectivity index (χ2n) is 3.90. The smallest absolute Gasteiger partial charge is 0.233 e. The SMILES string of the molecule is CCn1c(S[C@H](C)C(=O)NC)nnc1-c1cccs1. The molecular weight excluding hydrogens is 280 g/mol. The van der Waals surface area contributed by atoms with Gasteiger partial charge in [-0.05, 0) is 25.3 Å². The molecule has 102 valence electrons. The molecule has 1 atom stereocenters. The van der Waals surface area contributed by atoms with Crippen molar-refractivity contribution in [3.63, 3.8) is 0 Å². The van der Waals surface area contributed by atoms with Crippen LogP contribution in [0.5, 0.6) is 0 Å². The molecule has 2 aromatic heterocycles. The van der Waals surface area contributed by atoms with E-state index in [0.29, 0.717) is 0 Å². The van der Waals surface area contributed by atoms with Gasteiger partial charge in [0.1, 0.15) is 0 Å². The summed E-state index contributed by atoms with van der Waals surface area (Å²) in [5, 5.41) is 13.7. The number of amides is 1. The summed E-state index contributed by atoms with van der Waals surface area (Å²) in [7, 11) is 1.64. The average Bonchev–Trinajstić information content (AvgIpc) is 3.05. The Morgan fingerprint density at radius 1 is 1.58 bits per heavy atom. The van der Waals surface area contributed by atoms with Gasteiger partial charge in [-0.2, -0.15) is 0 Å². The lowest BCUT2D eigenvalue weighted by Crippen LogP contribution is -2.27. The van der Waals surface area contributed by atoms with Crippen LogP contribution < -0.4 is 5.32 Å². The lowest BCUT2D eigenvalue weighted by Gasteiger charge is -2.10. The summed E-state index contributed by atoms with van der Waals surface area (Å²) in [4.78, 5) is 12.7. The first kappa shape index (κ1) is 14.1. The molecule has 0 saturated carbocycles. The van der Waals surface area contributed by atoms with Crippen molar-refractivity contribution in [3.8, 4) is 10.7 Å². The largest absolute Gasteiger partial charge is 0.358 e. The van der Waals surface area contributed by atoms with Gasteiger partial charge in [-0.3, -0.25) is 4.79 Å². The van der Waals surface area contributed by atoms with Crippen LogP contribution in [0, 0.1) is 0 Å². The van der Waals surface area contributed by atoms with E-state index >= 15 is 0 Å². The van der Waals surface area contributed by atoms with Gasteiger partial charge >= 0.3 is 0 Å². The molecule has 7 heteroatoms. The van der Waals surface area contributed by atoms with Crippen LogP contribution in [-0.4, -0.2) is 33.0 Å². The fourth-order valence-electron chi connectivity index (χ4n) is 1.66. The molecule has 2 heterocycles. The van der Waals surface area contributed by atoms with Crippen molar-refractivity contribution in [2.45, 2.75) is 30.8 Å². The molecule has 0 unspecified atom stereocenters. The molecule has 0 spiro atoms. The summed E-state index contributed by atoms with van der Waals surface area (Å²) in [5.74, 6) is 0.859. The van der Waals surface area contributed by atoms with Gasteiger partial charge in [-0.15, -0.1) is 21.5 Å². The average molecular weight is 296 g/mol. The van der Waals surface area contributed by atoms with Crippen LogP contribution in [0.1, 0.15) is 13.8 Å². The lowest BCUT2D eigenvalue weighted by atomic mass is 10.4. The zero-order valence-electron chi connectivity index (χ0n) is 11.1. The van der Waals surface area contributed by atoms with Gasteiger partial charge in [-0.1, -0.05) is 17.8 Å². The maximum absolute atomic E-state index is 11.6. The number of nitrogens with zero attached hydrogens (tertiary/aromatic N) is 3. The second-order valence-corrected chi connectivity index (χ2v) is 6.16. The van der Waals surface area contributed by atoms with Crippen molar-refractivity contribution >= 4 is 29.0 Å². The van der Waals surface area contributed by atoms with Gasteiger partial charge in [-0.25, -0.2) is 0 Å². The summed E-state index contributed by atoms with van der Waals surface area (Å²) >= 11 is 3.06. The van der Waals surface area contributed by atoms with Crippen molar-refractivity contribution in [1.82, 2.24) is 20.1 Å². The van der Waals surface area contributed by atoms with Crippen molar-refractivity contribution in [1.29, 1.82) is 0 Å². The van der Waals surface area contributed by atoms with E-state index in [2.05, 4.69) is 22.4 Å². The number of carbonyl (C=O) groups excluding carboxylic acids is 1. The summed E-state index contributed by atoms with van der Waals surface area (Å²) in [5.41, 5.74) is 0. The first-order valence-electron chi connectivity index (χ1n) is 6.02. The number of thiophene rings is 1. The molecule has 19 heavy (non-hydrogen) atoms. The van der Waals surface area contributed by atoms with E-state index in [9.17, 15) is 4.79 Å². The van der Waals surface area contributed by atoms with E-state index in [-0.39, 0.29) is 11.2 Å². The highest BCUT2D eigenvalue weighted by atomic mass is 32.2. The van der Waals surface area contributed by atoms with Gasteiger partial charge in [0.2, 0.25) is 5.91 Å². The number of aromatic nitrogens is 3. The van der Waals surface area contributed by atoms with Crippen LogP contribution in [0.15, 0.2) is 22.7 Å². The molecule has 0 saturated heterocycles. The highest BCUT2D eigenvalue weighted by molar-refractivity contribution is 8.00. The molecule has 1 amide bonds. The van der Waals surface area contributed by atoms with Crippen LogP contribution >= 0.6 is 23.1 Å². The molecule has 0 aliphatic carbocycles. The minimum atomic E-state index is -0.185. The Hall–Kier alpha value is -1.34. The molecule has 0 fully saturated rings. The van der Waals surface area contributed by atoms with Gasteiger partial charge in [0.25, 0.3) is 0 Å². The van der Waals surface area contributed by atoms with Gasteiger partial charge in [0.05, 0.1) is 10.1 Å². The number of carbonyl (C=O) groups is 1. The van der Waals surface area contributed by atoms with Crippen molar-refractivity contribution in [2.24, 2.45) is 0 Å². The van der Waals surface area contributed by atoms with E-state index in [1.165, 1.54) is 11.8 Å². The molecule has 2 rings (SSSR count). The predicted octanol–water partition coefficient (Wildman–Crippen LogP) is 2.25. The molecule has 1 N–H and O–H groups in total. The third-order valence-corrected chi connectivity index (χ3v) is 4.62. The van der Waals surface area contributed by atoms with Crippen molar-refractivity contribution < 1.29 is 4.79 Å². The Morgan fingerprint density at radius 3 is 2.95 bits per heavy atom. The first-order valence-corrected chi connectivity index (χ1v) is 7.78. The van der Waals surface area contributed by atoms with E-state index in [1.807, 2.05) is 29.0 Å². The zero-order chi connectivity index (χ0) is 13.8. The molecule has 0 aliphatic heterocycles. The summed E-state index contributed by atoms with van der Waals surface area (Å²) in [6, 6.07) is 4.02. The Morgan fingerprint density at radius 2 is 2.37 bits per heavy atom. The number of nitrogens with one attached hydrogen (secondary N) is 1. The molecule has 0 aromatic carbocycles. The molecule has 0 radical (unpaired) electrons. The molecule has 2 aromatic rings. The van der Waals surface area contributed by atoms with Crippen LogP contribution in [-0.2, 0) is 11.3 Å². The highest BCUT2D eigenvalue weighted by Crippen LogP contribution is 2.28. The van der Waals surface area contributed by atoms with Gasteiger partial charge in [0.15, 0.2) is 11.0 Å². The lowest BCUT2D eigenvalue weighted by molar-refractivity contribution is -0.119. The third kappa shape index (κ3) is 2.98. The number of hydrogen-bond acceptors (Lipinski definition) is 5. The Labute approximate surface area is 120 Å². The maximum Gasteiger partial charge on any atom is 0.233 e.